The van der Waals surface area contributed by atoms with E-state index < -0.39 is 0 Å². The molecule has 0 fully saturated rings. The van der Waals surface area contributed by atoms with Gasteiger partial charge in [-0.05, 0) is 0 Å². The molecule has 0 aromatic heterocycles. The molecule has 4 heteroatoms. The Labute approximate surface area is 73.1 Å². The second-order valence-corrected chi connectivity index (χ2v) is 3.08. The Morgan fingerprint density at radius 3 is 1.25 bits per heavy atom. The first-order chi connectivity index (χ1) is 5.45. The Morgan fingerprint density at radius 2 is 1.08 bits per heavy atom. The van der Waals surface area contributed by atoms with Gasteiger partial charge in [0.1, 0.15) is 0 Å². The van der Waals surface area contributed by atoms with Gasteiger partial charge in [-0.2, -0.15) is 0 Å². The molecule has 2 amide bonds. The second kappa shape index (κ2) is 4.74. The van der Waals surface area contributed by atoms with Crippen molar-refractivity contribution in [3.05, 3.63) is 0 Å². The first-order valence-corrected chi connectivity index (χ1v) is 3.85. The molecule has 0 saturated heterocycles. The highest BCUT2D eigenvalue weighted by Crippen LogP contribution is 1.96. The van der Waals surface area contributed by atoms with Crippen molar-refractivity contribution in [3.63, 3.8) is 0 Å². The van der Waals surface area contributed by atoms with E-state index in [2.05, 4.69) is 0 Å². The highest BCUT2D eigenvalue weighted by Gasteiger charge is 2.08. The van der Waals surface area contributed by atoms with Gasteiger partial charge in [-0.25, -0.2) is 0 Å². The molecule has 0 saturated carbocycles. The summed E-state index contributed by atoms with van der Waals surface area (Å²) < 4.78 is 0. The minimum atomic E-state index is -0.00907. The largest absolute Gasteiger partial charge is 0.349 e. The molecular weight excluding hydrogens is 156 g/mol. The van der Waals surface area contributed by atoms with Gasteiger partial charge in [-0.15, -0.1) is 0 Å². The second-order valence-electron chi connectivity index (χ2n) is 3.08. The van der Waals surface area contributed by atoms with Crippen LogP contribution in [0.2, 0.25) is 0 Å². The van der Waals surface area contributed by atoms with Gasteiger partial charge in [-0.3, -0.25) is 9.59 Å². The van der Waals surface area contributed by atoms with Crippen LogP contribution in [0.1, 0.15) is 12.8 Å². The quantitative estimate of drug-likeness (QED) is 0.598. The lowest BCUT2D eigenvalue weighted by molar-refractivity contribution is -0.134. The third kappa shape index (κ3) is 3.95. The van der Waals surface area contributed by atoms with Crippen LogP contribution in [0.5, 0.6) is 0 Å². The number of amides is 2. The lowest BCUT2D eigenvalue weighted by Crippen LogP contribution is -2.26. The number of rotatable bonds is 3. The molecule has 0 aliphatic rings. The summed E-state index contributed by atoms with van der Waals surface area (Å²) in [5.74, 6) is -0.0181. The summed E-state index contributed by atoms with van der Waals surface area (Å²) in [5, 5.41) is 0. The molecule has 4 nitrogen and oxygen atoms in total. The van der Waals surface area contributed by atoms with Crippen LogP contribution < -0.4 is 0 Å². The van der Waals surface area contributed by atoms with Gasteiger partial charge in [0.25, 0.3) is 0 Å². The Bertz CT molecular complexity index is 156. The fraction of sp³-hybridized carbons (Fsp3) is 0.750. The number of hydrogen-bond donors (Lipinski definition) is 0. The van der Waals surface area contributed by atoms with E-state index in [1.807, 2.05) is 0 Å². The highest BCUT2D eigenvalue weighted by molar-refractivity contribution is 5.83. The van der Waals surface area contributed by atoms with E-state index in [-0.39, 0.29) is 11.8 Å². The number of carbonyl (C=O) groups excluding carboxylic acids is 2. The fourth-order valence-corrected chi connectivity index (χ4v) is 0.661. The number of carbonyl (C=O) groups is 2. The van der Waals surface area contributed by atoms with Gasteiger partial charge in [0.05, 0.1) is 0 Å². The molecule has 0 atom stereocenters. The smallest absolute Gasteiger partial charge is 0.222 e. The van der Waals surface area contributed by atoms with E-state index in [0.717, 1.165) is 0 Å². The summed E-state index contributed by atoms with van der Waals surface area (Å²) in [7, 11) is 6.73. The van der Waals surface area contributed by atoms with Gasteiger partial charge >= 0.3 is 0 Å². The van der Waals surface area contributed by atoms with Crippen molar-refractivity contribution >= 4 is 11.8 Å². The highest BCUT2D eigenvalue weighted by atomic mass is 16.2. The average molecular weight is 172 g/mol. The monoisotopic (exact) mass is 172 g/mol. The molecule has 0 rings (SSSR count). The van der Waals surface area contributed by atoms with E-state index in [0.29, 0.717) is 12.8 Å². The van der Waals surface area contributed by atoms with E-state index in [9.17, 15) is 9.59 Å². The summed E-state index contributed by atoms with van der Waals surface area (Å²) >= 11 is 0. The maximum absolute atomic E-state index is 11.0. The molecule has 12 heavy (non-hydrogen) atoms. The number of hydrogen-bond acceptors (Lipinski definition) is 2. The maximum Gasteiger partial charge on any atom is 0.222 e. The first kappa shape index (κ1) is 10.9. The van der Waals surface area contributed by atoms with Crippen LogP contribution in [0.4, 0.5) is 0 Å². The molecule has 0 aromatic rings. The molecule has 0 heterocycles. The summed E-state index contributed by atoms with van der Waals surface area (Å²) in [6, 6.07) is 0. The first-order valence-electron chi connectivity index (χ1n) is 3.85. The van der Waals surface area contributed by atoms with E-state index >= 15 is 0 Å². The fourth-order valence-electron chi connectivity index (χ4n) is 0.661. The van der Waals surface area contributed by atoms with Gasteiger partial charge in [0, 0.05) is 41.0 Å². The van der Waals surface area contributed by atoms with Crippen LogP contribution in [-0.4, -0.2) is 49.8 Å². The molecular formula is C8H16N2O2. The SMILES string of the molecule is CN(C)C(=O)CCC(=O)N(C)C. The van der Waals surface area contributed by atoms with Crippen molar-refractivity contribution in [2.75, 3.05) is 28.2 Å². The summed E-state index contributed by atoms with van der Waals surface area (Å²) in [6.45, 7) is 0. The maximum atomic E-state index is 11.0. The topological polar surface area (TPSA) is 40.6 Å². The van der Waals surface area contributed by atoms with Crippen LogP contribution in [0.25, 0.3) is 0 Å². The van der Waals surface area contributed by atoms with Crippen molar-refractivity contribution in [2.24, 2.45) is 0 Å². The van der Waals surface area contributed by atoms with Crippen LogP contribution in [0, 0.1) is 0 Å². The number of nitrogens with zero attached hydrogens (tertiary/aromatic N) is 2. The Balaban J connectivity index is 3.69. The molecule has 70 valence electrons. The Kier molecular flexibility index (Phi) is 4.33. The van der Waals surface area contributed by atoms with E-state index in [1.165, 1.54) is 9.80 Å². The predicted molar refractivity (Wildman–Crippen MR) is 46.6 cm³/mol. The van der Waals surface area contributed by atoms with Crippen molar-refractivity contribution in [3.8, 4) is 0 Å². The van der Waals surface area contributed by atoms with Gasteiger partial charge < -0.3 is 9.80 Å². The average Bonchev–Trinajstić information content (AvgIpc) is 1.98. The Morgan fingerprint density at radius 1 is 0.833 bits per heavy atom. The summed E-state index contributed by atoms with van der Waals surface area (Å²) in [4.78, 5) is 25.0. The van der Waals surface area contributed by atoms with Crippen molar-refractivity contribution < 1.29 is 9.59 Å². The molecule has 0 aromatic carbocycles. The van der Waals surface area contributed by atoms with Crippen LogP contribution in [-0.2, 0) is 9.59 Å². The van der Waals surface area contributed by atoms with Crippen molar-refractivity contribution in [1.82, 2.24) is 9.80 Å². The van der Waals surface area contributed by atoms with Gasteiger partial charge in [-0.1, -0.05) is 0 Å². The van der Waals surface area contributed by atoms with E-state index in [1.54, 1.807) is 28.2 Å². The summed E-state index contributed by atoms with van der Waals surface area (Å²) in [5.41, 5.74) is 0. The minimum absolute atomic E-state index is 0.00907. The van der Waals surface area contributed by atoms with Gasteiger partial charge in [0.2, 0.25) is 11.8 Å². The molecule has 0 aliphatic carbocycles. The normalized spacial score (nSPS) is 9.33. The van der Waals surface area contributed by atoms with Crippen LogP contribution in [0.3, 0.4) is 0 Å². The molecule has 0 aliphatic heterocycles. The lowest BCUT2D eigenvalue weighted by Gasteiger charge is -2.12. The van der Waals surface area contributed by atoms with Crippen LogP contribution in [0.15, 0.2) is 0 Å². The molecule has 0 radical (unpaired) electrons. The standard InChI is InChI=1S/C8H16N2O2/c1-9(2)7(11)5-6-8(12)10(3)4/h5-6H2,1-4H3. The van der Waals surface area contributed by atoms with Crippen LogP contribution >= 0.6 is 0 Å². The molecule has 0 unspecified atom stereocenters. The predicted octanol–water partition coefficient (Wildman–Crippen LogP) is -0.0570. The zero-order valence-corrected chi connectivity index (χ0v) is 8.13. The summed E-state index contributed by atoms with van der Waals surface area (Å²) in [6.07, 6.45) is 0.591. The zero-order chi connectivity index (χ0) is 9.72. The third-order valence-electron chi connectivity index (χ3n) is 1.55. The molecule has 0 N–H and O–H groups in total. The molecule has 0 spiro atoms. The lowest BCUT2D eigenvalue weighted by atomic mass is 10.2. The van der Waals surface area contributed by atoms with Crippen molar-refractivity contribution in [2.45, 2.75) is 12.8 Å². The zero-order valence-electron chi connectivity index (χ0n) is 8.13. The van der Waals surface area contributed by atoms with Gasteiger partial charge in [0.15, 0.2) is 0 Å². The van der Waals surface area contributed by atoms with E-state index in [4.69, 9.17) is 0 Å². The third-order valence-corrected chi connectivity index (χ3v) is 1.55. The molecule has 0 bridgehead atoms. The van der Waals surface area contributed by atoms with Crippen molar-refractivity contribution in [1.29, 1.82) is 0 Å². The Hall–Kier alpha value is -1.06. The minimum Gasteiger partial charge on any atom is -0.349 e.